The summed E-state index contributed by atoms with van der Waals surface area (Å²) in [5.74, 6) is -0.155. The predicted octanol–water partition coefficient (Wildman–Crippen LogP) is 6.31. The fourth-order valence-corrected chi connectivity index (χ4v) is 8.19. The molecule has 1 fully saturated rings. The lowest BCUT2D eigenvalue weighted by Gasteiger charge is -2.46. The van der Waals surface area contributed by atoms with Gasteiger partial charge in [0, 0.05) is 49.9 Å². The minimum Gasteiger partial charge on any atom is -0.394 e. The van der Waals surface area contributed by atoms with Crippen molar-refractivity contribution in [3.05, 3.63) is 107 Å². The van der Waals surface area contributed by atoms with Crippen LogP contribution in [0.25, 0.3) is 11.1 Å². The zero-order valence-electron chi connectivity index (χ0n) is 29.5. The van der Waals surface area contributed by atoms with Crippen molar-refractivity contribution in [2.24, 2.45) is 5.41 Å². The summed E-state index contributed by atoms with van der Waals surface area (Å²) < 4.78 is 5.30. The minimum atomic E-state index is -1.11. The van der Waals surface area contributed by atoms with Gasteiger partial charge >= 0.3 is 0 Å². The van der Waals surface area contributed by atoms with Crippen molar-refractivity contribution in [3.63, 3.8) is 0 Å². The van der Waals surface area contributed by atoms with Crippen molar-refractivity contribution in [3.8, 4) is 11.1 Å². The molecule has 5 atom stereocenters. The van der Waals surface area contributed by atoms with Crippen molar-refractivity contribution in [1.29, 1.82) is 0 Å². The number of aliphatic hydroxyl groups is 4. The average Bonchev–Trinajstić information content (AvgIpc) is 3.35. The third-order valence-electron chi connectivity index (χ3n) is 11.2. The molecule has 3 aromatic rings. The van der Waals surface area contributed by atoms with Gasteiger partial charge in [0.05, 0.1) is 24.4 Å². The third-order valence-corrected chi connectivity index (χ3v) is 11.2. The van der Waals surface area contributed by atoms with E-state index in [4.69, 9.17) is 4.74 Å². The Hall–Kier alpha value is -3.17. The summed E-state index contributed by atoms with van der Waals surface area (Å²) >= 11 is 0. The molecule has 0 heterocycles. The van der Waals surface area contributed by atoms with E-state index in [1.807, 2.05) is 48.5 Å². The number of benzene rings is 3. The van der Waals surface area contributed by atoms with Crippen LogP contribution in [0, 0.1) is 5.41 Å². The monoisotopic (exact) mass is 669 g/mol. The Morgan fingerprint density at radius 1 is 1.02 bits per heavy atom. The van der Waals surface area contributed by atoms with Crippen molar-refractivity contribution in [2.75, 3.05) is 40.0 Å². The zero-order chi connectivity index (χ0) is 35.0. The molecular formula is C42H55NO6. The van der Waals surface area contributed by atoms with Crippen LogP contribution in [0.2, 0.25) is 0 Å². The molecule has 0 spiro atoms. The SMILES string of the molecule is COCCCN(CC(O)CO)CC1(O)CCC2c3ccc(cc3C(=O)c3ccc(-c4ccccc4)cc3)CC(O)CCC(C)=CCCC21C. The quantitative estimate of drug-likeness (QED) is 0.102. The molecule has 264 valence electrons. The first-order valence-corrected chi connectivity index (χ1v) is 18.0. The molecule has 49 heavy (non-hydrogen) atoms. The number of nitrogens with zero attached hydrogens (tertiary/aromatic N) is 1. The molecule has 7 heteroatoms. The average molecular weight is 670 g/mol. The topological polar surface area (TPSA) is 110 Å². The van der Waals surface area contributed by atoms with Gasteiger partial charge in [-0.3, -0.25) is 9.69 Å². The fourth-order valence-electron chi connectivity index (χ4n) is 8.19. The summed E-state index contributed by atoms with van der Waals surface area (Å²) in [5.41, 5.74) is 4.77. The number of aliphatic hydroxyl groups excluding tert-OH is 3. The summed E-state index contributed by atoms with van der Waals surface area (Å²) in [6.07, 6.45) is 6.19. The number of hydrogen-bond acceptors (Lipinski definition) is 7. The Bertz CT molecular complexity index is 1560. The Labute approximate surface area is 292 Å². The van der Waals surface area contributed by atoms with Gasteiger partial charge in [0.2, 0.25) is 0 Å². The second kappa shape index (κ2) is 16.7. The van der Waals surface area contributed by atoms with Gasteiger partial charge in [-0.15, -0.1) is 0 Å². The van der Waals surface area contributed by atoms with Crippen LogP contribution in [0.5, 0.6) is 0 Å². The Morgan fingerprint density at radius 3 is 2.47 bits per heavy atom. The number of allylic oxidation sites excluding steroid dienone is 2. The highest BCUT2D eigenvalue weighted by atomic mass is 16.5. The van der Waals surface area contributed by atoms with E-state index in [1.165, 1.54) is 5.57 Å². The summed E-state index contributed by atoms with van der Waals surface area (Å²) in [7, 11) is 1.66. The predicted molar refractivity (Wildman–Crippen MR) is 195 cm³/mol. The number of methoxy groups -OCH3 is 1. The fraction of sp³-hybridized carbons (Fsp3) is 0.500. The summed E-state index contributed by atoms with van der Waals surface area (Å²) in [4.78, 5) is 16.6. The van der Waals surface area contributed by atoms with E-state index < -0.39 is 23.2 Å². The molecule has 7 nitrogen and oxygen atoms in total. The number of ketones is 1. The van der Waals surface area contributed by atoms with Gasteiger partial charge < -0.3 is 25.2 Å². The van der Waals surface area contributed by atoms with Gasteiger partial charge in [-0.05, 0) is 92.5 Å². The smallest absolute Gasteiger partial charge is 0.193 e. The van der Waals surface area contributed by atoms with E-state index in [0.29, 0.717) is 62.9 Å². The van der Waals surface area contributed by atoms with Crippen LogP contribution >= 0.6 is 0 Å². The molecule has 0 aliphatic heterocycles. The maximum atomic E-state index is 14.5. The van der Waals surface area contributed by atoms with E-state index >= 15 is 0 Å². The number of ether oxygens (including phenoxy) is 1. The molecule has 3 aromatic carbocycles. The maximum absolute atomic E-state index is 14.5. The largest absolute Gasteiger partial charge is 0.394 e. The van der Waals surface area contributed by atoms with E-state index in [9.17, 15) is 25.2 Å². The van der Waals surface area contributed by atoms with Crippen LogP contribution in [-0.4, -0.2) is 88.9 Å². The number of rotatable bonds is 12. The molecule has 5 unspecified atom stereocenters. The first-order chi connectivity index (χ1) is 23.6. The van der Waals surface area contributed by atoms with Crippen LogP contribution in [0.15, 0.2) is 84.4 Å². The Balaban J connectivity index is 1.55. The van der Waals surface area contributed by atoms with Crippen LogP contribution in [0.3, 0.4) is 0 Å². The van der Waals surface area contributed by atoms with Gasteiger partial charge in [-0.25, -0.2) is 0 Å². The molecule has 0 saturated heterocycles. The summed E-state index contributed by atoms with van der Waals surface area (Å²) in [5, 5.41) is 43.8. The van der Waals surface area contributed by atoms with Crippen molar-refractivity contribution < 1.29 is 30.0 Å². The number of hydrogen-bond donors (Lipinski definition) is 4. The Morgan fingerprint density at radius 2 is 1.76 bits per heavy atom. The lowest BCUT2D eigenvalue weighted by Crippen LogP contribution is -2.54. The summed E-state index contributed by atoms with van der Waals surface area (Å²) in [6.45, 7) is 5.72. The van der Waals surface area contributed by atoms with Gasteiger partial charge in [0.1, 0.15) is 0 Å². The summed E-state index contributed by atoms with van der Waals surface area (Å²) in [6, 6.07) is 24.0. The molecule has 1 saturated carbocycles. The zero-order valence-corrected chi connectivity index (χ0v) is 29.5. The highest BCUT2D eigenvalue weighted by Crippen LogP contribution is 2.59. The van der Waals surface area contributed by atoms with Crippen LogP contribution in [-0.2, 0) is 11.2 Å². The van der Waals surface area contributed by atoms with E-state index in [2.05, 4.69) is 49.1 Å². The molecule has 3 aliphatic rings. The van der Waals surface area contributed by atoms with Gasteiger partial charge in [0.15, 0.2) is 5.78 Å². The standard InChI is InChI=1S/C42H55NO6/c1-30-9-7-21-41(2)39(20-22-42(41,48)29-43(23-8-24-49-3)27-36(46)28-44)37-19-13-31(25-35(45)18-12-30)26-38(37)40(47)34-16-14-33(15-17-34)32-10-5-4-6-11-32/h4-6,9-11,13-17,19,26,35-36,39,44-46,48H,7-8,12,18,20-25,27-29H2,1-3H3. The van der Waals surface area contributed by atoms with Crippen molar-refractivity contribution >= 4 is 5.78 Å². The lowest BCUT2D eigenvalue weighted by atomic mass is 9.64. The number of carbonyl (C=O) groups is 1. The van der Waals surface area contributed by atoms with E-state index in [0.717, 1.165) is 41.5 Å². The van der Waals surface area contributed by atoms with E-state index in [1.54, 1.807) is 7.11 Å². The molecule has 0 amide bonds. The number of carbonyl (C=O) groups excluding carboxylic acids is 1. The lowest BCUT2D eigenvalue weighted by molar-refractivity contribution is -0.0898. The molecular weight excluding hydrogens is 614 g/mol. The first kappa shape index (κ1) is 37.1. The van der Waals surface area contributed by atoms with Gasteiger partial charge in [-0.2, -0.15) is 0 Å². The van der Waals surface area contributed by atoms with Gasteiger partial charge in [0.25, 0.3) is 0 Å². The molecule has 3 aliphatic carbocycles. The first-order valence-electron chi connectivity index (χ1n) is 18.0. The highest BCUT2D eigenvalue weighted by molar-refractivity contribution is 6.10. The maximum Gasteiger partial charge on any atom is 0.193 e. The van der Waals surface area contributed by atoms with Gasteiger partial charge in [-0.1, -0.05) is 85.3 Å². The Kier molecular flexibility index (Phi) is 12.6. The molecule has 0 aromatic heterocycles. The van der Waals surface area contributed by atoms with Crippen molar-refractivity contribution in [2.45, 2.75) is 88.9 Å². The second-order valence-electron chi connectivity index (χ2n) is 14.6. The van der Waals surface area contributed by atoms with Crippen LogP contribution < -0.4 is 0 Å². The van der Waals surface area contributed by atoms with Crippen LogP contribution in [0.4, 0.5) is 0 Å². The van der Waals surface area contributed by atoms with Crippen LogP contribution in [0.1, 0.15) is 91.8 Å². The van der Waals surface area contributed by atoms with Crippen molar-refractivity contribution in [1.82, 2.24) is 4.90 Å². The third kappa shape index (κ3) is 8.77. The molecule has 0 radical (unpaired) electrons. The second-order valence-corrected chi connectivity index (χ2v) is 14.6. The normalized spacial score (nSPS) is 25.1. The highest BCUT2D eigenvalue weighted by Gasteiger charge is 2.57. The number of fused-ring (bicyclic) bond motifs is 8. The molecule has 2 bridgehead atoms. The molecule has 4 N–H and O–H groups in total. The molecule has 6 rings (SSSR count). The van der Waals surface area contributed by atoms with E-state index in [-0.39, 0.29) is 24.9 Å². The minimum absolute atomic E-state index is 0.0566.